The van der Waals surface area contributed by atoms with Crippen LogP contribution in [0.2, 0.25) is 0 Å². The first kappa shape index (κ1) is 13.9. The van der Waals surface area contributed by atoms with Gasteiger partial charge in [0.1, 0.15) is 0 Å². The van der Waals surface area contributed by atoms with Crippen molar-refractivity contribution in [1.82, 2.24) is 9.88 Å². The van der Waals surface area contributed by atoms with Gasteiger partial charge in [0.2, 0.25) is 0 Å². The van der Waals surface area contributed by atoms with Crippen LogP contribution in [-0.4, -0.2) is 48.0 Å². The van der Waals surface area contributed by atoms with Gasteiger partial charge in [-0.3, -0.25) is 9.88 Å². The fraction of sp³-hybridized carbons (Fsp3) is 0.667. The van der Waals surface area contributed by atoms with E-state index in [-0.39, 0.29) is 17.9 Å². The van der Waals surface area contributed by atoms with Crippen molar-refractivity contribution in [3.8, 4) is 0 Å². The summed E-state index contributed by atoms with van der Waals surface area (Å²) in [6.07, 6.45) is 6.41. The molecule has 2 heterocycles. The molecule has 20 heavy (non-hydrogen) atoms. The minimum Gasteiger partial charge on any atom is -0.347 e. The van der Waals surface area contributed by atoms with Gasteiger partial charge < -0.3 is 15.2 Å². The molecular weight excluding hydrogens is 254 g/mol. The largest absolute Gasteiger partial charge is 0.347 e. The molecule has 1 aromatic rings. The summed E-state index contributed by atoms with van der Waals surface area (Å²) in [7, 11) is 2.12. The molecule has 0 amide bonds. The second-order valence-electron chi connectivity index (χ2n) is 5.86. The molecule has 1 aromatic heterocycles. The van der Waals surface area contributed by atoms with E-state index in [0.717, 1.165) is 25.8 Å². The predicted octanol–water partition coefficient (Wildman–Crippen LogP) is 1.14. The number of nitrogens with two attached hydrogens (primary N) is 1. The number of hydrogen-bond acceptors (Lipinski definition) is 5. The maximum atomic E-state index is 6.32. The van der Waals surface area contributed by atoms with Crippen LogP contribution in [0.4, 0.5) is 0 Å². The predicted molar refractivity (Wildman–Crippen MR) is 76.0 cm³/mol. The zero-order chi connectivity index (χ0) is 14.0. The zero-order valence-electron chi connectivity index (χ0n) is 12.0. The van der Waals surface area contributed by atoms with E-state index in [9.17, 15) is 0 Å². The van der Waals surface area contributed by atoms with Crippen LogP contribution < -0.4 is 5.73 Å². The zero-order valence-corrected chi connectivity index (χ0v) is 12.0. The molecule has 1 aliphatic heterocycles. The number of likely N-dealkylation sites (N-methyl/N-ethyl adjacent to an activating group) is 1. The Morgan fingerprint density at radius 1 is 1.45 bits per heavy atom. The Balaban J connectivity index is 1.67. The molecule has 2 unspecified atom stereocenters. The van der Waals surface area contributed by atoms with Crippen LogP contribution in [0.1, 0.15) is 24.8 Å². The summed E-state index contributed by atoms with van der Waals surface area (Å²) in [6.45, 7) is 2.25. The fourth-order valence-corrected chi connectivity index (χ4v) is 3.29. The molecule has 1 aliphatic carbocycles. The Hall–Kier alpha value is -1.01. The van der Waals surface area contributed by atoms with Crippen LogP contribution >= 0.6 is 0 Å². The Morgan fingerprint density at radius 3 is 2.95 bits per heavy atom. The van der Waals surface area contributed by atoms with E-state index in [2.05, 4.69) is 23.0 Å². The molecule has 0 bridgehead atoms. The third kappa shape index (κ3) is 2.86. The molecule has 0 aromatic carbocycles. The van der Waals surface area contributed by atoms with E-state index >= 15 is 0 Å². The van der Waals surface area contributed by atoms with Crippen molar-refractivity contribution in [2.45, 2.75) is 43.7 Å². The summed E-state index contributed by atoms with van der Waals surface area (Å²) in [5.74, 6) is -0.385. The van der Waals surface area contributed by atoms with E-state index in [1.807, 2.05) is 12.3 Å². The Bertz CT molecular complexity index is 434. The summed E-state index contributed by atoms with van der Waals surface area (Å²) in [4.78, 5) is 6.46. The summed E-state index contributed by atoms with van der Waals surface area (Å²) >= 11 is 0. The molecular formula is C15H23N3O2. The van der Waals surface area contributed by atoms with Gasteiger partial charge in [0.25, 0.3) is 0 Å². The first-order valence-electron chi connectivity index (χ1n) is 7.31. The van der Waals surface area contributed by atoms with Gasteiger partial charge in [-0.2, -0.15) is 0 Å². The van der Waals surface area contributed by atoms with Crippen molar-refractivity contribution in [2.75, 3.05) is 20.3 Å². The van der Waals surface area contributed by atoms with Gasteiger partial charge in [0.15, 0.2) is 5.79 Å². The molecule has 1 spiro atoms. The molecule has 3 rings (SSSR count). The highest BCUT2D eigenvalue weighted by Gasteiger charge is 2.45. The lowest BCUT2D eigenvalue weighted by atomic mass is 9.85. The van der Waals surface area contributed by atoms with Crippen LogP contribution in [0, 0.1) is 0 Å². The quantitative estimate of drug-likeness (QED) is 0.897. The molecule has 1 saturated heterocycles. The monoisotopic (exact) mass is 277 g/mol. The number of pyridine rings is 1. The minimum atomic E-state index is -0.385. The normalized spacial score (nSPS) is 29.1. The topological polar surface area (TPSA) is 60.6 Å². The standard InChI is InChI=1S/C15H23N3O2/c1-18(11-12-3-2-6-17-10-12)14-9-15(5-4-13(14)16)19-7-8-20-15/h2-3,6,10,13-14H,4-5,7-9,11,16H2,1H3. The van der Waals surface area contributed by atoms with Crippen LogP contribution in [0.3, 0.4) is 0 Å². The van der Waals surface area contributed by atoms with Crippen LogP contribution in [0.15, 0.2) is 24.5 Å². The van der Waals surface area contributed by atoms with Crippen molar-refractivity contribution >= 4 is 0 Å². The van der Waals surface area contributed by atoms with Gasteiger partial charge in [0.05, 0.1) is 13.2 Å². The Kier molecular flexibility index (Phi) is 4.03. The van der Waals surface area contributed by atoms with Crippen LogP contribution in [0.25, 0.3) is 0 Å². The summed E-state index contributed by atoms with van der Waals surface area (Å²) in [5, 5.41) is 0. The first-order valence-corrected chi connectivity index (χ1v) is 7.31. The molecule has 110 valence electrons. The van der Waals surface area contributed by atoms with Crippen molar-refractivity contribution < 1.29 is 9.47 Å². The number of aromatic nitrogens is 1. The highest BCUT2D eigenvalue weighted by Crippen LogP contribution is 2.37. The Morgan fingerprint density at radius 2 is 2.25 bits per heavy atom. The Labute approximate surface area is 120 Å². The second-order valence-corrected chi connectivity index (χ2v) is 5.86. The lowest BCUT2D eigenvalue weighted by Crippen LogP contribution is -2.55. The van der Waals surface area contributed by atoms with E-state index in [0.29, 0.717) is 13.2 Å². The SMILES string of the molecule is CN(Cc1cccnc1)C1CC2(CCC1N)OCCO2. The lowest BCUT2D eigenvalue weighted by molar-refractivity contribution is -0.191. The molecule has 5 nitrogen and oxygen atoms in total. The van der Waals surface area contributed by atoms with E-state index in [1.54, 1.807) is 6.20 Å². The minimum absolute atomic E-state index is 0.176. The van der Waals surface area contributed by atoms with E-state index in [4.69, 9.17) is 15.2 Å². The molecule has 2 fully saturated rings. The van der Waals surface area contributed by atoms with Gasteiger partial charge in [-0.1, -0.05) is 6.07 Å². The van der Waals surface area contributed by atoms with Gasteiger partial charge in [0, 0.05) is 43.9 Å². The molecule has 2 N–H and O–H groups in total. The molecule has 2 atom stereocenters. The van der Waals surface area contributed by atoms with Crippen molar-refractivity contribution in [3.63, 3.8) is 0 Å². The number of hydrogen-bond donors (Lipinski definition) is 1. The summed E-state index contributed by atoms with van der Waals surface area (Å²) in [6, 6.07) is 4.52. The van der Waals surface area contributed by atoms with E-state index in [1.165, 1.54) is 5.56 Å². The average molecular weight is 277 g/mol. The van der Waals surface area contributed by atoms with Crippen LogP contribution in [-0.2, 0) is 16.0 Å². The van der Waals surface area contributed by atoms with Crippen molar-refractivity contribution in [2.24, 2.45) is 5.73 Å². The van der Waals surface area contributed by atoms with Gasteiger partial charge in [-0.05, 0) is 25.1 Å². The highest BCUT2D eigenvalue weighted by molar-refractivity contribution is 5.09. The van der Waals surface area contributed by atoms with Gasteiger partial charge >= 0.3 is 0 Å². The second kappa shape index (κ2) is 5.77. The maximum absolute atomic E-state index is 6.32. The summed E-state index contributed by atoms with van der Waals surface area (Å²) in [5.41, 5.74) is 7.52. The van der Waals surface area contributed by atoms with Gasteiger partial charge in [-0.15, -0.1) is 0 Å². The fourth-order valence-electron chi connectivity index (χ4n) is 3.29. The van der Waals surface area contributed by atoms with Crippen LogP contribution in [0.5, 0.6) is 0 Å². The van der Waals surface area contributed by atoms with Crippen molar-refractivity contribution in [3.05, 3.63) is 30.1 Å². The number of ether oxygens (including phenoxy) is 2. The third-order valence-corrected chi connectivity index (χ3v) is 4.41. The number of nitrogens with zero attached hydrogens (tertiary/aromatic N) is 2. The summed E-state index contributed by atoms with van der Waals surface area (Å²) < 4.78 is 11.7. The molecule has 5 heteroatoms. The smallest absolute Gasteiger partial charge is 0.170 e. The first-order chi connectivity index (χ1) is 9.69. The molecule has 1 saturated carbocycles. The highest BCUT2D eigenvalue weighted by atomic mass is 16.7. The lowest BCUT2D eigenvalue weighted by Gasteiger charge is -2.43. The molecule has 0 radical (unpaired) electrons. The average Bonchev–Trinajstić information content (AvgIpc) is 2.91. The molecule has 2 aliphatic rings. The van der Waals surface area contributed by atoms with E-state index < -0.39 is 0 Å². The number of rotatable bonds is 3. The third-order valence-electron chi connectivity index (χ3n) is 4.41. The maximum Gasteiger partial charge on any atom is 0.170 e. The van der Waals surface area contributed by atoms with Gasteiger partial charge in [-0.25, -0.2) is 0 Å². The van der Waals surface area contributed by atoms with Crippen molar-refractivity contribution in [1.29, 1.82) is 0 Å².